The predicted molar refractivity (Wildman–Crippen MR) is 83.6 cm³/mol. The van der Waals surface area contributed by atoms with Gasteiger partial charge in [-0.15, -0.1) is 23.4 Å². The zero-order chi connectivity index (χ0) is 14.5. The van der Waals surface area contributed by atoms with Crippen molar-refractivity contribution >= 4 is 29.1 Å². The fraction of sp³-hybridized carbons (Fsp3) is 0.200. The van der Waals surface area contributed by atoms with Crippen molar-refractivity contribution in [1.29, 1.82) is 0 Å². The average Bonchev–Trinajstić information content (AvgIpc) is 2.47. The monoisotopic (exact) mass is 307 g/mol. The topological polar surface area (TPSA) is 43.1 Å². The van der Waals surface area contributed by atoms with Crippen molar-refractivity contribution in [3.63, 3.8) is 0 Å². The highest BCUT2D eigenvalue weighted by Gasteiger charge is 2.17. The largest absolute Gasteiger partial charge is 0.272 e. The van der Waals surface area contributed by atoms with E-state index in [0.717, 1.165) is 5.56 Å². The minimum absolute atomic E-state index is 0.124. The van der Waals surface area contributed by atoms with Gasteiger partial charge < -0.3 is 0 Å². The average molecular weight is 308 g/mol. The van der Waals surface area contributed by atoms with Gasteiger partial charge in [0.05, 0.1) is 10.3 Å². The van der Waals surface area contributed by atoms with E-state index in [0.29, 0.717) is 12.0 Å². The fourth-order valence-corrected chi connectivity index (χ4v) is 2.71. The summed E-state index contributed by atoms with van der Waals surface area (Å²) in [6.07, 6.45) is 2.46. The second-order valence-electron chi connectivity index (χ2n) is 4.33. The van der Waals surface area contributed by atoms with Crippen LogP contribution in [0.2, 0.25) is 0 Å². The lowest BCUT2D eigenvalue weighted by atomic mass is 10.0. The smallest absolute Gasteiger partial charge is 0.258 e. The molecule has 20 heavy (non-hydrogen) atoms. The third-order valence-electron chi connectivity index (χ3n) is 3.06. The van der Waals surface area contributed by atoms with E-state index in [1.165, 1.54) is 11.0 Å². The lowest BCUT2D eigenvalue weighted by Crippen LogP contribution is -2.00. The van der Waals surface area contributed by atoms with E-state index in [9.17, 15) is 10.1 Å². The van der Waals surface area contributed by atoms with E-state index in [1.54, 1.807) is 30.0 Å². The molecule has 0 bridgehead atoms. The van der Waals surface area contributed by atoms with Crippen LogP contribution in [0.15, 0.2) is 53.4 Å². The molecule has 0 aliphatic heterocycles. The maximum atomic E-state index is 11.0. The summed E-state index contributed by atoms with van der Waals surface area (Å²) in [5.74, 6) is 0. The Balaban J connectivity index is 2.18. The molecule has 1 atom stereocenters. The number of hydrogen-bond acceptors (Lipinski definition) is 3. The zero-order valence-electron chi connectivity index (χ0n) is 11.0. The molecule has 0 saturated carbocycles. The summed E-state index contributed by atoms with van der Waals surface area (Å²) < 4.78 is 0. The minimum Gasteiger partial charge on any atom is -0.258 e. The number of alkyl halides is 1. The molecule has 0 saturated heterocycles. The second kappa shape index (κ2) is 6.77. The summed E-state index contributed by atoms with van der Waals surface area (Å²) in [4.78, 5) is 11.8. The number of hydrogen-bond donors (Lipinski definition) is 0. The number of nitro groups is 1. The first-order chi connectivity index (χ1) is 9.61. The number of para-hydroxylation sites is 1. The SMILES string of the molecule is CSc1ccc(C(Cl)Cc2ccccc2[N+](=O)[O-])cc1. The lowest BCUT2D eigenvalue weighted by molar-refractivity contribution is -0.385. The Morgan fingerprint density at radius 2 is 1.85 bits per heavy atom. The van der Waals surface area contributed by atoms with Crippen molar-refractivity contribution in [3.05, 3.63) is 69.8 Å². The summed E-state index contributed by atoms with van der Waals surface area (Å²) in [6, 6.07) is 14.7. The molecule has 5 heteroatoms. The van der Waals surface area contributed by atoms with Gasteiger partial charge in [-0.25, -0.2) is 0 Å². The Bertz CT molecular complexity index is 601. The summed E-state index contributed by atoms with van der Waals surface area (Å²) in [5, 5.41) is 10.7. The van der Waals surface area contributed by atoms with Crippen molar-refractivity contribution < 1.29 is 4.92 Å². The molecule has 0 heterocycles. The van der Waals surface area contributed by atoms with Gasteiger partial charge in [-0.2, -0.15) is 0 Å². The van der Waals surface area contributed by atoms with Crippen LogP contribution in [0.5, 0.6) is 0 Å². The third kappa shape index (κ3) is 3.52. The molecule has 3 nitrogen and oxygen atoms in total. The maximum Gasteiger partial charge on any atom is 0.272 e. The molecule has 0 aromatic heterocycles. The summed E-state index contributed by atoms with van der Waals surface area (Å²) in [6.45, 7) is 0. The molecule has 0 radical (unpaired) electrons. The Hall–Kier alpha value is -1.52. The standard InChI is InChI=1S/C15H14ClNO2S/c1-20-13-8-6-11(7-9-13)14(16)10-12-4-2-3-5-15(12)17(18)19/h2-9,14H,10H2,1H3. The number of benzene rings is 2. The van der Waals surface area contributed by atoms with E-state index < -0.39 is 0 Å². The number of thioether (sulfide) groups is 1. The summed E-state index contributed by atoms with van der Waals surface area (Å²) >= 11 is 8.05. The summed E-state index contributed by atoms with van der Waals surface area (Å²) in [5.41, 5.74) is 1.76. The van der Waals surface area contributed by atoms with Crippen LogP contribution in [0, 0.1) is 10.1 Å². The van der Waals surface area contributed by atoms with E-state index >= 15 is 0 Å². The van der Waals surface area contributed by atoms with Gasteiger partial charge in [0.15, 0.2) is 0 Å². The number of nitro benzene ring substituents is 1. The van der Waals surface area contributed by atoms with E-state index in [-0.39, 0.29) is 16.0 Å². The fourth-order valence-electron chi connectivity index (χ4n) is 1.99. The first kappa shape index (κ1) is 14.9. The Morgan fingerprint density at radius 3 is 2.45 bits per heavy atom. The first-order valence-corrected chi connectivity index (χ1v) is 7.78. The van der Waals surface area contributed by atoms with Crippen molar-refractivity contribution in [2.24, 2.45) is 0 Å². The Morgan fingerprint density at radius 1 is 1.20 bits per heavy atom. The van der Waals surface area contributed by atoms with Crippen LogP contribution in [0.1, 0.15) is 16.5 Å². The molecule has 104 valence electrons. The van der Waals surface area contributed by atoms with Crippen LogP contribution in [-0.2, 0) is 6.42 Å². The maximum absolute atomic E-state index is 11.0. The van der Waals surface area contributed by atoms with E-state index in [2.05, 4.69) is 0 Å². The van der Waals surface area contributed by atoms with Crippen LogP contribution < -0.4 is 0 Å². The van der Waals surface area contributed by atoms with Gasteiger partial charge in [-0.3, -0.25) is 10.1 Å². The van der Waals surface area contributed by atoms with Crippen LogP contribution >= 0.6 is 23.4 Å². The van der Waals surface area contributed by atoms with Gasteiger partial charge in [0.2, 0.25) is 0 Å². The van der Waals surface area contributed by atoms with Crippen molar-refractivity contribution in [2.75, 3.05) is 6.26 Å². The Labute approximate surface area is 127 Å². The van der Waals surface area contributed by atoms with Gasteiger partial charge in [0.1, 0.15) is 0 Å². The van der Waals surface area contributed by atoms with Gasteiger partial charge in [-0.05, 0) is 30.4 Å². The molecule has 0 aliphatic rings. The highest BCUT2D eigenvalue weighted by atomic mass is 35.5. The van der Waals surface area contributed by atoms with Crippen LogP contribution in [0.4, 0.5) is 5.69 Å². The third-order valence-corrected chi connectivity index (χ3v) is 4.21. The van der Waals surface area contributed by atoms with Crippen LogP contribution in [0.3, 0.4) is 0 Å². The molecule has 2 aromatic carbocycles. The minimum atomic E-state index is -0.365. The van der Waals surface area contributed by atoms with E-state index in [1.807, 2.05) is 30.5 Å². The molecule has 1 unspecified atom stereocenters. The molecule has 0 N–H and O–H groups in total. The highest BCUT2D eigenvalue weighted by molar-refractivity contribution is 7.98. The van der Waals surface area contributed by atoms with Crippen LogP contribution in [0.25, 0.3) is 0 Å². The van der Waals surface area contributed by atoms with Gasteiger partial charge in [0, 0.05) is 16.5 Å². The number of rotatable bonds is 5. The molecule has 0 fully saturated rings. The summed E-state index contributed by atoms with van der Waals surface area (Å²) in [7, 11) is 0. The van der Waals surface area contributed by atoms with Crippen molar-refractivity contribution in [2.45, 2.75) is 16.7 Å². The lowest BCUT2D eigenvalue weighted by Gasteiger charge is -2.10. The van der Waals surface area contributed by atoms with Crippen LogP contribution in [-0.4, -0.2) is 11.2 Å². The molecule has 0 spiro atoms. The molecular formula is C15H14ClNO2S. The molecule has 2 aromatic rings. The Kier molecular flexibility index (Phi) is 5.04. The zero-order valence-corrected chi connectivity index (χ0v) is 12.5. The highest BCUT2D eigenvalue weighted by Crippen LogP contribution is 2.30. The van der Waals surface area contributed by atoms with Gasteiger partial charge >= 0.3 is 0 Å². The normalized spacial score (nSPS) is 12.1. The van der Waals surface area contributed by atoms with Gasteiger partial charge in [0.25, 0.3) is 5.69 Å². The van der Waals surface area contributed by atoms with Gasteiger partial charge in [-0.1, -0.05) is 30.3 Å². The van der Waals surface area contributed by atoms with Crippen molar-refractivity contribution in [1.82, 2.24) is 0 Å². The number of nitrogens with zero attached hydrogens (tertiary/aromatic N) is 1. The molecule has 0 amide bonds. The molecule has 0 aliphatic carbocycles. The molecular weight excluding hydrogens is 294 g/mol. The first-order valence-electron chi connectivity index (χ1n) is 6.12. The predicted octanol–water partition coefficient (Wildman–Crippen LogP) is 4.84. The molecule has 2 rings (SSSR count). The second-order valence-corrected chi connectivity index (χ2v) is 5.74. The van der Waals surface area contributed by atoms with E-state index in [4.69, 9.17) is 11.6 Å². The quantitative estimate of drug-likeness (QED) is 0.343. The number of halogens is 1. The van der Waals surface area contributed by atoms with Crippen molar-refractivity contribution in [3.8, 4) is 0 Å².